The summed E-state index contributed by atoms with van der Waals surface area (Å²) in [6, 6.07) is 7.41. The van der Waals surface area contributed by atoms with E-state index < -0.39 is 0 Å². The van der Waals surface area contributed by atoms with Gasteiger partial charge in [0.2, 0.25) is 0 Å². The van der Waals surface area contributed by atoms with Crippen molar-refractivity contribution in [3.8, 4) is 0 Å². The van der Waals surface area contributed by atoms with E-state index in [1.807, 2.05) is 24.3 Å². The maximum atomic E-state index is 11.8. The van der Waals surface area contributed by atoms with E-state index in [2.05, 4.69) is 26.1 Å². The maximum absolute atomic E-state index is 11.8. The van der Waals surface area contributed by atoms with Gasteiger partial charge in [-0.25, -0.2) is 0 Å². The Hall–Kier alpha value is -1.35. The lowest BCUT2D eigenvalue weighted by molar-refractivity contribution is 0.0945. The third-order valence-corrected chi connectivity index (χ3v) is 3.17. The molecule has 3 heteroatoms. The van der Waals surface area contributed by atoms with Crippen LogP contribution in [0.15, 0.2) is 24.3 Å². The van der Waals surface area contributed by atoms with Crippen LogP contribution < -0.4 is 11.1 Å². The van der Waals surface area contributed by atoms with Gasteiger partial charge in [-0.15, -0.1) is 0 Å². The molecule has 0 aliphatic carbocycles. The van der Waals surface area contributed by atoms with Crippen molar-refractivity contribution in [3.63, 3.8) is 0 Å². The Balaban J connectivity index is 2.52. The second-order valence-corrected chi connectivity index (χ2v) is 4.83. The van der Waals surface area contributed by atoms with E-state index in [4.69, 9.17) is 5.73 Å². The number of amides is 1. The van der Waals surface area contributed by atoms with Gasteiger partial charge in [-0.3, -0.25) is 4.79 Å². The van der Waals surface area contributed by atoms with Gasteiger partial charge in [0.25, 0.3) is 5.91 Å². The van der Waals surface area contributed by atoms with Crippen molar-refractivity contribution >= 4 is 5.91 Å². The molecule has 0 saturated heterocycles. The van der Waals surface area contributed by atoms with Crippen LogP contribution in [0.2, 0.25) is 0 Å². The molecule has 3 nitrogen and oxygen atoms in total. The van der Waals surface area contributed by atoms with Crippen molar-refractivity contribution in [1.29, 1.82) is 0 Å². The predicted octanol–water partition coefficient (Wildman–Crippen LogP) is 2.17. The number of nitrogens with one attached hydrogen (secondary N) is 1. The van der Waals surface area contributed by atoms with Gasteiger partial charge in [0.05, 0.1) is 0 Å². The first-order valence-electron chi connectivity index (χ1n) is 6.11. The normalized spacial score (nSPS) is 12.5. The molecular formula is C14H22N2O. The molecule has 0 aliphatic rings. The number of hydrogen-bond donors (Lipinski definition) is 2. The molecule has 1 rings (SSSR count). The summed E-state index contributed by atoms with van der Waals surface area (Å²) in [5.41, 5.74) is 7.24. The van der Waals surface area contributed by atoms with Crippen LogP contribution in [0.25, 0.3) is 0 Å². The highest BCUT2D eigenvalue weighted by Crippen LogP contribution is 2.08. The average Bonchev–Trinajstić information content (AvgIpc) is 2.35. The van der Waals surface area contributed by atoms with Gasteiger partial charge in [-0.2, -0.15) is 0 Å². The summed E-state index contributed by atoms with van der Waals surface area (Å²) in [5.74, 6) is 1.05. The Bertz CT molecular complexity index is 357. The number of rotatable bonds is 5. The van der Waals surface area contributed by atoms with Gasteiger partial charge in [0.15, 0.2) is 0 Å². The van der Waals surface area contributed by atoms with Gasteiger partial charge in [-0.1, -0.05) is 32.9 Å². The molecule has 94 valence electrons. The molecule has 0 aromatic heterocycles. The quantitative estimate of drug-likeness (QED) is 0.820. The van der Waals surface area contributed by atoms with Crippen LogP contribution in [0, 0.1) is 11.8 Å². The second-order valence-electron chi connectivity index (χ2n) is 4.83. The lowest BCUT2D eigenvalue weighted by Crippen LogP contribution is -2.30. The van der Waals surface area contributed by atoms with Crippen LogP contribution in [0.5, 0.6) is 0 Å². The molecule has 0 saturated carbocycles. The van der Waals surface area contributed by atoms with Gasteiger partial charge < -0.3 is 11.1 Å². The molecule has 1 aromatic rings. The molecule has 3 N–H and O–H groups in total. The summed E-state index contributed by atoms with van der Waals surface area (Å²) in [4.78, 5) is 11.8. The standard InChI is InChI=1S/C14H22N2O/c1-10(2)11(3)9-16-14(17)13-6-4-12(8-15)5-7-13/h4-7,10-11H,8-9,15H2,1-3H3,(H,16,17). The van der Waals surface area contributed by atoms with Gasteiger partial charge in [0.1, 0.15) is 0 Å². The third kappa shape index (κ3) is 4.19. The van der Waals surface area contributed by atoms with Crippen molar-refractivity contribution in [2.75, 3.05) is 6.54 Å². The van der Waals surface area contributed by atoms with E-state index in [-0.39, 0.29) is 5.91 Å². The molecule has 0 aliphatic heterocycles. The fourth-order valence-corrected chi connectivity index (χ4v) is 1.38. The third-order valence-electron chi connectivity index (χ3n) is 3.17. The Morgan fingerprint density at radius 2 is 1.82 bits per heavy atom. The van der Waals surface area contributed by atoms with Gasteiger partial charge in [-0.05, 0) is 29.5 Å². The Kier molecular flexibility index (Phi) is 5.16. The topological polar surface area (TPSA) is 55.1 Å². The number of nitrogens with two attached hydrogens (primary N) is 1. The van der Waals surface area contributed by atoms with Crippen LogP contribution in [-0.4, -0.2) is 12.5 Å². The molecule has 1 unspecified atom stereocenters. The molecule has 0 heterocycles. The fraction of sp³-hybridized carbons (Fsp3) is 0.500. The Morgan fingerprint density at radius 1 is 1.24 bits per heavy atom. The zero-order valence-electron chi connectivity index (χ0n) is 10.9. The minimum Gasteiger partial charge on any atom is -0.352 e. The van der Waals surface area contributed by atoms with Crippen molar-refractivity contribution in [2.24, 2.45) is 17.6 Å². The van der Waals surface area contributed by atoms with E-state index in [9.17, 15) is 4.79 Å². The number of carbonyl (C=O) groups is 1. The van der Waals surface area contributed by atoms with Crippen LogP contribution in [-0.2, 0) is 6.54 Å². The van der Waals surface area contributed by atoms with Crippen molar-refractivity contribution in [1.82, 2.24) is 5.32 Å². The first kappa shape index (κ1) is 13.7. The molecule has 17 heavy (non-hydrogen) atoms. The van der Waals surface area contributed by atoms with E-state index in [1.54, 1.807) is 0 Å². The maximum Gasteiger partial charge on any atom is 0.251 e. The molecule has 0 spiro atoms. The highest BCUT2D eigenvalue weighted by molar-refractivity contribution is 5.94. The molecule has 1 atom stereocenters. The number of hydrogen-bond acceptors (Lipinski definition) is 2. The lowest BCUT2D eigenvalue weighted by atomic mass is 9.98. The van der Waals surface area contributed by atoms with Crippen molar-refractivity contribution < 1.29 is 4.79 Å². The van der Waals surface area contributed by atoms with E-state index in [0.29, 0.717) is 23.9 Å². The van der Waals surface area contributed by atoms with Crippen LogP contribution in [0.4, 0.5) is 0 Å². The first-order valence-corrected chi connectivity index (χ1v) is 6.11. The summed E-state index contributed by atoms with van der Waals surface area (Å²) in [5, 5.41) is 2.95. The predicted molar refractivity (Wildman–Crippen MR) is 70.7 cm³/mol. The van der Waals surface area contributed by atoms with Crippen molar-refractivity contribution in [3.05, 3.63) is 35.4 Å². The highest BCUT2D eigenvalue weighted by Gasteiger charge is 2.10. The van der Waals surface area contributed by atoms with Crippen LogP contribution >= 0.6 is 0 Å². The molecule has 1 amide bonds. The molecule has 0 bridgehead atoms. The van der Waals surface area contributed by atoms with Gasteiger partial charge >= 0.3 is 0 Å². The minimum absolute atomic E-state index is 0.0129. The molecule has 0 radical (unpaired) electrons. The Labute approximate surface area is 103 Å². The van der Waals surface area contributed by atoms with Gasteiger partial charge in [0, 0.05) is 18.7 Å². The van der Waals surface area contributed by atoms with E-state index >= 15 is 0 Å². The smallest absolute Gasteiger partial charge is 0.251 e. The summed E-state index contributed by atoms with van der Waals surface area (Å²) in [6.45, 7) is 7.68. The van der Waals surface area contributed by atoms with Crippen LogP contribution in [0.3, 0.4) is 0 Å². The van der Waals surface area contributed by atoms with E-state index in [0.717, 1.165) is 12.1 Å². The minimum atomic E-state index is -0.0129. The number of benzene rings is 1. The second kappa shape index (κ2) is 6.40. The Morgan fingerprint density at radius 3 is 2.29 bits per heavy atom. The van der Waals surface area contributed by atoms with Crippen LogP contribution in [0.1, 0.15) is 36.7 Å². The molecule has 1 aromatic carbocycles. The SMILES string of the molecule is CC(C)C(C)CNC(=O)c1ccc(CN)cc1. The zero-order valence-corrected chi connectivity index (χ0v) is 10.9. The summed E-state index contributed by atoms with van der Waals surface area (Å²) < 4.78 is 0. The number of carbonyl (C=O) groups excluding carboxylic acids is 1. The fourth-order valence-electron chi connectivity index (χ4n) is 1.38. The zero-order chi connectivity index (χ0) is 12.8. The summed E-state index contributed by atoms with van der Waals surface area (Å²) in [7, 11) is 0. The monoisotopic (exact) mass is 234 g/mol. The molecular weight excluding hydrogens is 212 g/mol. The molecule has 0 fully saturated rings. The largest absolute Gasteiger partial charge is 0.352 e. The van der Waals surface area contributed by atoms with E-state index in [1.165, 1.54) is 0 Å². The first-order chi connectivity index (χ1) is 8.04. The lowest BCUT2D eigenvalue weighted by Gasteiger charge is -2.16. The summed E-state index contributed by atoms with van der Waals surface area (Å²) in [6.07, 6.45) is 0. The average molecular weight is 234 g/mol. The highest BCUT2D eigenvalue weighted by atomic mass is 16.1. The van der Waals surface area contributed by atoms with Crippen molar-refractivity contribution in [2.45, 2.75) is 27.3 Å². The summed E-state index contributed by atoms with van der Waals surface area (Å²) >= 11 is 0.